The highest BCUT2D eigenvalue weighted by atomic mass is 32.1. The Kier molecular flexibility index (Phi) is 7.66. The number of hydrogen-bond donors (Lipinski definition) is 2. The van der Waals surface area contributed by atoms with Crippen LogP contribution in [-0.4, -0.2) is 75.3 Å². The summed E-state index contributed by atoms with van der Waals surface area (Å²) in [6, 6.07) is 0. The van der Waals surface area contributed by atoms with Crippen molar-refractivity contribution >= 4 is 23.3 Å². The summed E-state index contributed by atoms with van der Waals surface area (Å²) < 4.78 is 5.26. The Bertz CT molecular complexity index is 880. The van der Waals surface area contributed by atoms with Gasteiger partial charge in [0.05, 0.1) is 17.9 Å². The summed E-state index contributed by atoms with van der Waals surface area (Å²) in [5.41, 5.74) is 2.34. The number of amides is 2. The van der Waals surface area contributed by atoms with Gasteiger partial charge in [-0.25, -0.2) is 9.78 Å². The molecule has 9 nitrogen and oxygen atoms in total. The molecule has 2 aromatic heterocycles. The monoisotopic (exact) mass is 448 g/mol. The highest BCUT2D eigenvalue weighted by molar-refractivity contribution is 7.09. The Morgan fingerprint density at radius 2 is 2.00 bits per heavy atom. The fraction of sp³-hybridized carbons (Fsp3) is 0.619. The number of rotatable bonds is 7. The van der Waals surface area contributed by atoms with Gasteiger partial charge >= 0.3 is 6.09 Å². The second-order valence-electron chi connectivity index (χ2n) is 8.68. The van der Waals surface area contributed by atoms with Gasteiger partial charge in [0.25, 0.3) is 0 Å². The van der Waals surface area contributed by atoms with Gasteiger partial charge in [0.2, 0.25) is 5.91 Å². The predicted octanol–water partition coefficient (Wildman–Crippen LogP) is 2.65. The zero-order chi connectivity index (χ0) is 22.4. The molecule has 0 bridgehead atoms. The lowest BCUT2D eigenvalue weighted by molar-refractivity contribution is -0.130. The zero-order valence-electron chi connectivity index (χ0n) is 18.7. The predicted molar refractivity (Wildman–Crippen MR) is 120 cm³/mol. The average molecular weight is 449 g/mol. The van der Waals surface area contributed by atoms with Crippen LogP contribution in [0.25, 0.3) is 11.3 Å². The molecule has 2 aromatic rings. The maximum atomic E-state index is 11.8. The van der Waals surface area contributed by atoms with Crippen molar-refractivity contribution < 1.29 is 14.3 Å². The van der Waals surface area contributed by atoms with Crippen LogP contribution in [0.5, 0.6) is 0 Å². The summed E-state index contributed by atoms with van der Waals surface area (Å²) >= 11 is 1.50. The molecular weight excluding hydrogens is 416 g/mol. The number of nitrogens with zero attached hydrogens (tertiary/aromatic N) is 4. The lowest BCUT2D eigenvalue weighted by atomic mass is 10.1. The van der Waals surface area contributed by atoms with Gasteiger partial charge in [-0.05, 0) is 40.2 Å². The van der Waals surface area contributed by atoms with Crippen LogP contribution in [-0.2, 0) is 22.5 Å². The van der Waals surface area contributed by atoms with Gasteiger partial charge in [-0.15, -0.1) is 11.3 Å². The molecule has 0 atom stereocenters. The van der Waals surface area contributed by atoms with Crippen LogP contribution >= 0.6 is 11.3 Å². The van der Waals surface area contributed by atoms with E-state index < -0.39 is 11.7 Å². The van der Waals surface area contributed by atoms with E-state index in [-0.39, 0.29) is 5.91 Å². The van der Waals surface area contributed by atoms with E-state index in [4.69, 9.17) is 4.74 Å². The normalized spacial score (nSPS) is 15.2. The first kappa shape index (κ1) is 23.2. The first-order valence-corrected chi connectivity index (χ1v) is 11.5. The number of aromatic amines is 1. The van der Waals surface area contributed by atoms with Crippen molar-refractivity contribution in [1.29, 1.82) is 0 Å². The minimum Gasteiger partial charge on any atom is -0.444 e. The minimum atomic E-state index is -0.523. The number of carbonyl (C=O) groups is 2. The van der Waals surface area contributed by atoms with E-state index >= 15 is 0 Å². The summed E-state index contributed by atoms with van der Waals surface area (Å²) in [7, 11) is 0. The van der Waals surface area contributed by atoms with E-state index in [0.29, 0.717) is 6.54 Å². The molecular formula is C21H32N6O3S. The van der Waals surface area contributed by atoms with E-state index in [9.17, 15) is 9.59 Å². The number of ether oxygens (including phenoxy) is 1. The molecule has 0 saturated carbocycles. The van der Waals surface area contributed by atoms with Crippen LogP contribution < -0.4 is 5.32 Å². The van der Waals surface area contributed by atoms with Gasteiger partial charge in [-0.3, -0.25) is 14.8 Å². The third kappa shape index (κ3) is 7.03. The van der Waals surface area contributed by atoms with Crippen molar-refractivity contribution in [2.45, 2.75) is 52.7 Å². The van der Waals surface area contributed by atoms with Crippen molar-refractivity contribution in [1.82, 2.24) is 30.3 Å². The van der Waals surface area contributed by atoms with Crippen LogP contribution in [0, 0.1) is 0 Å². The SMILES string of the molecule is CC(=O)N1CCN(CCCc2n[nH]cc2-c2csc(CNC(=O)OC(C)(C)C)n2)CC1. The van der Waals surface area contributed by atoms with E-state index in [1.54, 1.807) is 6.92 Å². The third-order valence-corrected chi connectivity index (χ3v) is 5.88. The highest BCUT2D eigenvalue weighted by Gasteiger charge is 2.19. The number of alkyl carbamates (subject to hydrolysis) is 1. The first-order chi connectivity index (χ1) is 14.7. The topological polar surface area (TPSA) is 103 Å². The van der Waals surface area contributed by atoms with Gasteiger partial charge in [0, 0.05) is 50.2 Å². The fourth-order valence-electron chi connectivity index (χ4n) is 3.46. The molecule has 1 fully saturated rings. The number of carbonyl (C=O) groups excluding carboxylic acids is 2. The molecule has 2 N–H and O–H groups in total. The van der Waals surface area contributed by atoms with Crippen LogP contribution in [0.1, 0.15) is 44.8 Å². The van der Waals surface area contributed by atoms with Crippen LogP contribution in [0.4, 0.5) is 4.79 Å². The lowest BCUT2D eigenvalue weighted by Crippen LogP contribution is -2.48. The second-order valence-corrected chi connectivity index (χ2v) is 9.62. The number of piperazine rings is 1. The van der Waals surface area contributed by atoms with Gasteiger partial charge in [-0.1, -0.05) is 0 Å². The molecule has 0 aliphatic carbocycles. The van der Waals surface area contributed by atoms with Crippen molar-refractivity contribution in [3.05, 3.63) is 22.3 Å². The second kappa shape index (κ2) is 10.2. The van der Waals surface area contributed by atoms with Gasteiger partial charge in [-0.2, -0.15) is 5.10 Å². The molecule has 1 saturated heterocycles. The average Bonchev–Trinajstić information content (AvgIpc) is 3.34. The lowest BCUT2D eigenvalue weighted by Gasteiger charge is -2.34. The maximum absolute atomic E-state index is 11.8. The number of hydrogen-bond acceptors (Lipinski definition) is 7. The Morgan fingerprint density at radius 1 is 1.26 bits per heavy atom. The molecule has 3 heterocycles. The van der Waals surface area contributed by atoms with E-state index in [1.807, 2.05) is 37.2 Å². The number of H-pyrrole nitrogens is 1. The quantitative estimate of drug-likeness (QED) is 0.675. The molecule has 170 valence electrons. The summed E-state index contributed by atoms with van der Waals surface area (Å²) in [6.45, 7) is 11.9. The molecule has 3 rings (SSSR count). The van der Waals surface area contributed by atoms with E-state index in [0.717, 1.165) is 67.5 Å². The Morgan fingerprint density at radius 3 is 2.68 bits per heavy atom. The molecule has 31 heavy (non-hydrogen) atoms. The van der Waals surface area contributed by atoms with E-state index in [1.165, 1.54) is 11.3 Å². The standard InChI is InChI=1S/C21H32N6O3S/c1-15(28)27-10-8-26(9-11-27)7-5-6-17-16(12-23-25-17)18-14-31-19(24-18)13-22-20(29)30-21(2,3)4/h12,14H,5-11,13H2,1-4H3,(H,22,29)(H,23,25). The van der Waals surface area contributed by atoms with Crippen molar-refractivity contribution in [3.63, 3.8) is 0 Å². The molecule has 1 aliphatic heterocycles. The first-order valence-electron chi connectivity index (χ1n) is 10.6. The zero-order valence-corrected chi connectivity index (χ0v) is 19.5. The summed E-state index contributed by atoms with van der Waals surface area (Å²) in [6.07, 6.45) is 3.28. The molecule has 0 radical (unpaired) electrons. The van der Waals surface area contributed by atoms with Crippen molar-refractivity contribution in [2.24, 2.45) is 0 Å². The largest absolute Gasteiger partial charge is 0.444 e. The molecule has 0 unspecified atom stereocenters. The highest BCUT2D eigenvalue weighted by Crippen LogP contribution is 2.25. The molecule has 10 heteroatoms. The molecule has 0 aromatic carbocycles. The third-order valence-electron chi connectivity index (χ3n) is 5.04. The Hall–Kier alpha value is -2.46. The molecule has 1 aliphatic rings. The van der Waals surface area contributed by atoms with Crippen LogP contribution in [0.3, 0.4) is 0 Å². The van der Waals surface area contributed by atoms with Gasteiger partial charge in [0.15, 0.2) is 0 Å². The van der Waals surface area contributed by atoms with Crippen LogP contribution in [0.2, 0.25) is 0 Å². The smallest absolute Gasteiger partial charge is 0.408 e. The Labute approximate surface area is 187 Å². The number of nitrogens with one attached hydrogen (secondary N) is 2. The van der Waals surface area contributed by atoms with Crippen molar-refractivity contribution in [3.8, 4) is 11.3 Å². The molecule has 2 amide bonds. The molecule has 0 spiro atoms. The summed E-state index contributed by atoms with van der Waals surface area (Å²) in [4.78, 5) is 32.2. The summed E-state index contributed by atoms with van der Waals surface area (Å²) in [5.74, 6) is 0.157. The Balaban J connectivity index is 1.47. The maximum Gasteiger partial charge on any atom is 0.408 e. The van der Waals surface area contributed by atoms with Gasteiger partial charge in [0.1, 0.15) is 10.6 Å². The number of aryl methyl sites for hydroxylation is 1. The number of thiazole rings is 1. The van der Waals surface area contributed by atoms with Crippen molar-refractivity contribution in [2.75, 3.05) is 32.7 Å². The van der Waals surface area contributed by atoms with E-state index in [2.05, 4.69) is 25.4 Å². The number of aromatic nitrogens is 3. The fourth-order valence-corrected chi connectivity index (χ4v) is 4.20. The summed E-state index contributed by atoms with van der Waals surface area (Å²) in [5, 5.41) is 12.9. The minimum absolute atomic E-state index is 0.157. The van der Waals surface area contributed by atoms with Gasteiger partial charge < -0.3 is 15.0 Å². The van der Waals surface area contributed by atoms with Crippen LogP contribution in [0.15, 0.2) is 11.6 Å².